The predicted octanol–water partition coefficient (Wildman–Crippen LogP) is 4.07. The lowest BCUT2D eigenvalue weighted by Crippen LogP contribution is -2.05. The van der Waals surface area contributed by atoms with E-state index in [4.69, 9.17) is 0 Å². The lowest BCUT2D eigenvalue weighted by Gasteiger charge is -2.13. The molecule has 21 heavy (non-hydrogen) atoms. The van der Waals surface area contributed by atoms with Crippen LogP contribution in [0, 0.1) is 0 Å². The summed E-state index contributed by atoms with van der Waals surface area (Å²) in [4.78, 5) is 4.39. The Hall–Kier alpha value is -2.19. The molecule has 1 heterocycles. The van der Waals surface area contributed by atoms with E-state index in [1.54, 1.807) is 6.20 Å². The Bertz CT molecular complexity index is 729. The molecule has 0 spiro atoms. The van der Waals surface area contributed by atoms with E-state index >= 15 is 0 Å². The van der Waals surface area contributed by atoms with Crippen molar-refractivity contribution in [3.05, 3.63) is 77.6 Å². The number of benzene rings is 2. The molecule has 2 aromatic carbocycles. The fourth-order valence-corrected chi connectivity index (χ4v) is 2.64. The van der Waals surface area contributed by atoms with Gasteiger partial charge in [0.25, 0.3) is 0 Å². The highest BCUT2D eigenvalue weighted by Crippen LogP contribution is 2.24. The van der Waals surface area contributed by atoms with Gasteiger partial charge in [0.1, 0.15) is 6.10 Å². The van der Waals surface area contributed by atoms with Gasteiger partial charge >= 0.3 is 0 Å². The van der Waals surface area contributed by atoms with Crippen LogP contribution in [0.1, 0.15) is 29.8 Å². The van der Waals surface area contributed by atoms with E-state index < -0.39 is 6.10 Å². The third-order valence-corrected chi connectivity index (χ3v) is 3.88. The molecule has 106 valence electrons. The van der Waals surface area contributed by atoms with Crippen molar-refractivity contribution in [2.45, 2.75) is 25.9 Å². The highest BCUT2D eigenvalue weighted by atomic mass is 16.3. The molecular weight excluding hydrogens is 258 g/mol. The number of rotatable bonds is 4. The highest BCUT2D eigenvalue weighted by molar-refractivity contribution is 5.84. The topological polar surface area (TPSA) is 33.1 Å². The lowest BCUT2D eigenvalue weighted by atomic mass is 10.00. The molecule has 0 radical (unpaired) electrons. The van der Waals surface area contributed by atoms with Crippen molar-refractivity contribution in [3.8, 4) is 0 Å². The molecule has 0 saturated heterocycles. The molecule has 0 aliphatic heterocycles. The molecule has 0 aliphatic rings. The van der Waals surface area contributed by atoms with Gasteiger partial charge in [0.2, 0.25) is 0 Å². The van der Waals surface area contributed by atoms with Crippen LogP contribution >= 0.6 is 0 Å². The SMILES string of the molecule is CCc1ccc(CC(O)c2nccc3ccccc23)cc1. The predicted molar refractivity (Wildman–Crippen MR) is 86.2 cm³/mol. The molecule has 3 aromatic rings. The van der Waals surface area contributed by atoms with E-state index in [1.165, 1.54) is 5.56 Å². The minimum Gasteiger partial charge on any atom is -0.386 e. The zero-order chi connectivity index (χ0) is 14.7. The molecule has 0 saturated carbocycles. The molecule has 1 aromatic heterocycles. The molecule has 0 aliphatic carbocycles. The summed E-state index contributed by atoms with van der Waals surface area (Å²) < 4.78 is 0. The standard InChI is InChI=1S/C19H19NO/c1-2-14-7-9-15(10-8-14)13-18(21)19-17-6-4-3-5-16(17)11-12-20-19/h3-12,18,21H,2,13H2,1H3. The Balaban J connectivity index is 1.88. The second-order valence-corrected chi connectivity index (χ2v) is 5.31. The smallest absolute Gasteiger partial charge is 0.101 e. The first kappa shape index (κ1) is 13.8. The Labute approximate surface area is 125 Å². The van der Waals surface area contributed by atoms with E-state index in [1.807, 2.05) is 30.3 Å². The number of aryl methyl sites for hydroxylation is 1. The van der Waals surface area contributed by atoms with Crippen molar-refractivity contribution < 1.29 is 5.11 Å². The molecule has 0 fully saturated rings. The Morgan fingerprint density at radius 3 is 2.43 bits per heavy atom. The van der Waals surface area contributed by atoms with Crippen LogP contribution in [0.25, 0.3) is 10.8 Å². The number of aromatic nitrogens is 1. The van der Waals surface area contributed by atoms with Crippen LogP contribution in [0.2, 0.25) is 0 Å². The Morgan fingerprint density at radius 1 is 0.952 bits per heavy atom. The molecule has 2 heteroatoms. The van der Waals surface area contributed by atoms with Crippen LogP contribution in [0.4, 0.5) is 0 Å². The Kier molecular flexibility index (Phi) is 3.98. The number of aliphatic hydroxyl groups is 1. The third kappa shape index (κ3) is 2.96. The number of hydrogen-bond donors (Lipinski definition) is 1. The maximum Gasteiger partial charge on any atom is 0.101 e. The quantitative estimate of drug-likeness (QED) is 0.779. The third-order valence-electron chi connectivity index (χ3n) is 3.88. The van der Waals surface area contributed by atoms with Gasteiger partial charge in [0.15, 0.2) is 0 Å². The van der Waals surface area contributed by atoms with Crippen molar-refractivity contribution in [1.29, 1.82) is 0 Å². The zero-order valence-electron chi connectivity index (χ0n) is 12.2. The van der Waals surface area contributed by atoms with Crippen LogP contribution in [0.15, 0.2) is 60.8 Å². The number of nitrogens with zero attached hydrogens (tertiary/aromatic N) is 1. The van der Waals surface area contributed by atoms with Crippen molar-refractivity contribution in [2.75, 3.05) is 0 Å². The Morgan fingerprint density at radius 2 is 1.67 bits per heavy atom. The summed E-state index contributed by atoms with van der Waals surface area (Å²) in [5.41, 5.74) is 3.21. The lowest BCUT2D eigenvalue weighted by molar-refractivity contribution is 0.175. The van der Waals surface area contributed by atoms with Gasteiger partial charge in [-0.3, -0.25) is 4.98 Å². The average Bonchev–Trinajstić information content (AvgIpc) is 2.55. The first-order valence-corrected chi connectivity index (χ1v) is 7.37. The van der Waals surface area contributed by atoms with Gasteiger partial charge in [0, 0.05) is 18.0 Å². The van der Waals surface area contributed by atoms with E-state index in [2.05, 4.69) is 36.2 Å². The summed E-state index contributed by atoms with van der Waals surface area (Å²) in [5, 5.41) is 12.7. The maximum absolute atomic E-state index is 10.5. The van der Waals surface area contributed by atoms with Gasteiger partial charge in [-0.25, -0.2) is 0 Å². The summed E-state index contributed by atoms with van der Waals surface area (Å²) in [6, 6.07) is 18.4. The van der Waals surface area contributed by atoms with Gasteiger partial charge in [0.05, 0.1) is 5.69 Å². The first-order valence-electron chi connectivity index (χ1n) is 7.37. The highest BCUT2D eigenvalue weighted by Gasteiger charge is 2.13. The van der Waals surface area contributed by atoms with Crippen LogP contribution in [-0.2, 0) is 12.8 Å². The van der Waals surface area contributed by atoms with Gasteiger partial charge in [-0.05, 0) is 29.0 Å². The second-order valence-electron chi connectivity index (χ2n) is 5.31. The van der Waals surface area contributed by atoms with Gasteiger partial charge in [-0.1, -0.05) is 55.5 Å². The minimum absolute atomic E-state index is 0.580. The zero-order valence-corrected chi connectivity index (χ0v) is 12.2. The van der Waals surface area contributed by atoms with Gasteiger partial charge in [-0.15, -0.1) is 0 Å². The van der Waals surface area contributed by atoms with Gasteiger partial charge < -0.3 is 5.11 Å². The number of hydrogen-bond acceptors (Lipinski definition) is 2. The van der Waals surface area contributed by atoms with E-state index in [0.29, 0.717) is 6.42 Å². The normalized spacial score (nSPS) is 12.5. The fraction of sp³-hybridized carbons (Fsp3) is 0.211. The molecule has 2 nitrogen and oxygen atoms in total. The van der Waals surface area contributed by atoms with Crippen LogP contribution < -0.4 is 0 Å². The van der Waals surface area contributed by atoms with E-state index in [0.717, 1.165) is 28.5 Å². The second kappa shape index (κ2) is 6.06. The monoisotopic (exact) mass is 277 g/mol. The molecule has 1 atom stereocenters. The summed E-state index contributed by atoms with van der Waals surface area (Å²) >= 11 is 0. The van der Waals surface area contributed by atoms with E-state index in [9.17, 15) is 5.11 Å². The first-order chi connectivity index (χ1) is 10.3. The molecule has 0 amide bonds. The van der Waals surface area contributed by atoms with Crippen molar-refractivity contribution in [2.24, 2.45) is 0 Å². The van der Waals surface area contributed by atoms with Crippen molar-refractivity contribution in [1.82, 2.24) is 4.98 Å². The van der Waals surface area contributed by atoms with E-state index in [-0.39, 0.29) is 0 Å². The maximum atomic E-state index is 10.5. The van der Waals surface area contributed by atoms with Crippen LogP contribution in [0.5, 0.6) is 0 Å². The fourth-order valence-electron chi connectivity index (χ4n) is 2.64. The minimum atomic E-state index is -0.580. The molecular formula is C19H19NO. The number of pyridine rings is 1. The number of fused-ring (bicyclic) bond motifs is 1. The average molecular weight is 277 g/mol. The van der Waals surface area contributed by atoms with Crippen LogP contribution in [0.3, 0.4) is 0 Å². The van der Waals surface area contributed by atoms with Gasteiger partial charge in [-0.2, -0.15) is 0 Å². The molecule has 1 unspecified atom stereocenters. The summed E-state index contributed by atoms with van der Waals surface area (Å²) in [5.74, 6) is 0. The number of aliphatic hydroxyl groups excluding tert-OH is 1. The summed E-state index contributed by atoms with van der Waals surface area (Å²) in [6.45, 7) is 2.14. The van der Waals surface area contributed by atoms with Crippen molar-refractivity contribution >= 4 is 10.8 Å². The summed E-state index contributed by atoms with van der Waals surface area (Å²) in [6.07, 6.45) is 2.81. The molecule has 1 N–H and O–H groups in total. The largest absolute Gasteiger partial charge is 0.386 e. The van der Waals surface area contributed by atoms with Crippen molar-refractivity contribution in [3.63, 3.8) is 0 Å². The molecule has 3 rings (SSSR count). The van der Waals surface area contributed by atoms with Crippen LogP contribution in [-0.4, -0.2) is 10.1 Å². The molecule has 0 bridgehead atoms. The summed E-state index contributed by atoms with van der Waals surface area (Å²) in [7, 11) is 0.